The molecular weight excluding hydrogens is 507 g/mol. The van der Waals surface area contributed by atoms with E-state index in [-0.39, 0.29) is 29.4 Å². The average molecular weight is 537 g/mol. The highest BCUT2D eigenvalue weighted by atomic mass is 32.2. The second kappa shape index (κ2) is 11.7. The van der Waals surface area contributed by atoms with Crippen LogP contribution in [-0.4, -0.2) is 43.9 Å². The first-order valence-electron chi connectivity index (χ1n) is 12.1. The summed E-state index contributed by atoms with van der Waals surface area (Å²) in [5, 5.41) is 7.41. The number of benzene rings is 3. The molecule has 1 heterocycles. The number of anilines is 1. The summed E-state index contributed by atoms with van der Waals surface area (Å²) >= 11 is 0. The topological polar surface area (TPSA) is 102 Å². The quantitative estimate of drug-likeness (QED) is 0.282. The highest BCUT2D eigenvalue weighted by Gasteiger charge is 2.21. The number of aromatic nitrogens is 2. The predicted molar refractivity (Wildman–Crippen MR) is 145 cm³/mol. The van der Waals surface area contributed by atoms with E-state index in [0.717, 1.165) is 11.1 Å². The van der Waals surface area contributed by atoms with Gasteiger partial charge in [0.25, 0.3) is 5.91 Å². The Morgan fingerprint density at radius 3 is 2.42 bits per heavy atom. The number of hydrogen-bond donors (Lipinski definition) is 2. The fourth-order valence-electron chi connectivity index (χ4n) is 3.83. The number of carbonyl (C=O) groups is 1. The third-order valence-corrected chi connectivity index (χ3v) is 7.46. The number of hydrogen-bond acceptors (Lipinski definition) is 5. The zero-order chi connectivity index (χ0) is 27.3. The molecule has 1 amide bonds. The van der Waals surface area contributed by atoms with Crippen molar-refractivity contribution in [2.24, 2.45) is 0 Å². The molecule has 0 saturated heterocycles. The molecule has 0 spiro atoms. The number of nitrogens with one attached hydrogen (secondary N) is 2. The molecule has 4 aromatic rings. The summed E-state index contributed by atoms with van der Waals surface area (Å²) in [6, 6.07) is 18.0. The van der Waals surface area contributed by atoms with Crippen LogP contribution in [0.3, 0.4) is 0 Å². The Morgan fingerprint density at radius 1 is 1.03 bits per heavy atom. The van der Waals surface area contributed by atoms with Gasteiger partial charge in [-0.05, 0) is 62.7 Å². The standard InChI is InChI=1S/C28H29FN4O4S/c1-4-37-16-15-30-38(35,36)26-17-23(12-7-20(26)3)31-28(34)25-18-33(24-13-10-22(29)11-14-24)32-27(25)21-8-5-19(2)6-9-21/h5-14,17-18,30H,4,15-16H2,1-3H3,(H,31,34). The van der Waals surface area contributed by atoms with Crippen LogP contribution in [0.25, 0.3) is 16.9 Å². The van der Waals surface area contributed by atoms with E-state index in [1.165, 1.54) is 22.9 Å². The van der Waals surface area contributed by atoms with Crippen LogP contribution in [0.5, 0.6) is 0 Å². The van der Waals surface area contributed by atoms with Gasteiger partial charge in [0.15, 0.2) is 0 Å². The van der Waals surface area contributed by atoms with Gasteiger partial charge in [-0.25, -0.2) is 22.2 Å². The molecular formula is C28H29FN4O4S. The summed E-state index contributed by atoms with van der Waals surface area (Å²) in [5.74, 6) is -0.847. The highest BCUT2D eigenvalue weighted by molar-refractivity contribution is 7.89. The van der Waals surface area contributed by atoms with Gasteiger partial charge < -0.3 is 10.1 Å². The fraction of sp³-hybridized carbons (Fsp3) is 0.214. The monoisotopic (exact) mass is 536 g/mol. The number of ether oxygens (including phenoxy) is 1. The fourth-order valence-corrected chi connectivity index (χ4v) is 5.11. The second-order valence-electron chi connectivity index (χ2n) is 8.71. The number of carbonyl (C=O) groups excluding carboxylic acids is 1. The lowest BCUT2D eigenvalue weighted by Crippen LogP contribution is -2.28. The van der Waals surface area contributed by atoms with Gasteiger partial charge in [-0.2, -0.15) is 5.10 Å². The van der Waals surface area contributed by atoms with Gasteiger partial charge in [0.1, 0.15) is 11.5 Å². The Morgan fingerprint density at radius 2 is 1.74 bits per heavy atom. The Balaban J connectivity index is 1.66. The first-order chi connectivity index (χ1) is 18.2. The smallest absolute Gasteiger partial charge is 0.259 e. The van der Waals surface area contributed by atoms with Crippen LogP contribution < -0.4 is 10.0 Å². The predicted octanol–water partition coefficient (Wildman–Crippen LogP) is 4.86. The first-order valence-corrected chi connectivity index (χ1v) is 13.6. The molecule has 8 nitrogen and oxygen atoms in total. The maximum absolute atomic E-state index is 13.5. The van der Waals surface area contributed by atoms with Crippen LogP contribution in [0.1, 0.15) is 28.4 Å². The van der Waals surface area contributed by atoms with E-state index in [1.54, 1.807) is 37.4 Å². The Hall–Kier alpha value is -3.86. The Labute approximate surface area is 221 Å². The number of sulfonamides is 1. The third-order valence-electron chi connectivity index (χ3n) is 5.85. The molecule has 0 radical (unpaired) electrons. The van der Waals surface area contributed by atoms with E-state index < -0.39 is 15.9 Å². The van der Waals surface area contributed by atoms with Crippen molar-refractivity contribution in [3.8, 4) is 16.9 Å². The molecule has 0 fully saturated rings. The largest absolute Gasteiger partial charge is 0.380 e. The maximum atomic E-state index is 13.5. The minimum absolute atomic E-state index is 0.0626. The second-order valence-corrected chi connectivity index (χ2v) is 10.4. The van der Waals surface area contributed by atoms with Crippen molar-refractivity contribution in [2.45, 2.75) is 25.7 Å². The molecule has 3 aromatic carbocycles. The van der Waals surface area contributed by atoms with Crippen molar-refractivity contribution in [1.29, 1.82) is 0 Å². The Bertz CT molecular complexity index is 1530. The van der Waals surface area contributed by atoms with Gasteiger partial charge in [-0.3, -0.25) is 4.79 Å². The van der Waals surface area contributed by atoms with Crippen molar-refractivity contribution < 1.29 is 22.3 Å². The summed E-state index contributed by atoms with van der Waals surface area (Å²) < 4.78 is 48.4. The lowest BCUT2D eigenvalue weighted by Gasteiger charge is -2.12. The van der Waals surface area contributed by atoms with Crippen molar-refractivity contribution in [3.63, 3.8) is 0 Å². The molecule has 2 N–H and O–H groups in total. The van der Waals surface area contributed by atoms with Gasteiger partial charge in [-0.15, -0.1) is 0 Å². The van der Waals surface area contributed by atoms with Crippen molar-refractivity contribution in [3.05, 3.63) is 95.4 Å². The Kier molecular flexibility index (Phi) is 8.35. The lowest BCUT2D eigenvalue weighted by atomic mass is 10.1. The van der Waals surface area contributed by atoms with Crippen LogP contribution in [0.2, 0.25) is 0 Å². The maximum Gasteiger partial charge on any atom is 0.259 e. The van der Waals surface area contributed by atoms with Gasteiger partial charge in [0.2, 0.25) is 10.0 Å². The van der Waals surface area contributed by atoms with Crippen molar-refractivity contribution in [1.82, 2.24) is 14.5 Å². The number of halogens is 1. The zero-order valence-corrected chi connectivity index (χ0v) is 22.2. The van der Waals surface area contributed by atoms with E-state index in [2.05, 4.69) is 15.1 Å². The van der Waals surface area contributed by atoms with Crippen LogP contribution in [0, 0.1) is 19.7 Å². The molecule has 198 valence electrons. The van der Waals surface area contributed by atoms with Crippen LogP contribution in [0.4, 0.5) is 10.1 Å². The molecule has 0 unspecified atom stereocenters. The third kappa shape index (κ3) is 6.34. The van der Waals surface area contributed by atoms with E-state index in [1.807, 2.05) is 38.1 Å². The molecule has 0 atom stereocenters. The van der Waals surface area contributed by atoms with E-state index in [0.29, 0.717) is 29.2 Å². The number of rotatable bonds is 10. The number of aryl methyl sites for hydroxylation is 2. The molecule has 10 heteroatoms. The van der Waals surface area contributed by atoms with E-state index in [4.69, 9.17) is 4.74 Å². The van der Waals surface area contributed by atoms with E-state index >= 15 is 0 Å². The zero-order valence-electron chi connectivity index (χ0n) is 21.4. The number of nitrogens with zero attached hydrogens (tertiary/aromatic N) is 2. The molecule has 0 saturated carbocycles. The van der Waals surface area contributed by atoms with Crippen LogP contribution in [0.15, 0.2) is 77.8 Å². The minimum atomic E-state index is -3.81. The van der Waals surface area contributed by atoms with Gasteiger partial charge in [0, 0.05) is 30.6 Å². The molecule has 0 aliphatic rings. The SMILES string of the molecule is CCOCCNS(=O)(=O)c1cc(NC(=O)c2cn(-c3ccc(F)cc3)nc2-c2ccc(C)cc2)ccc1C. The molecule has 0 aliphatic carbocycles. The summed E-state index contributed by atoms with van der Waals surface area (Å²) in [4.78, 5) is 13.5. The first kappa shape index (κ1) is 27.2. The molecule has 0 bridgehead atoms. The normalized spacial score (nSPS) is 11.5. The highest BCUT2D eigenvalue weighted by Crippen LogP contribution is 2.26. The van der Waals surface area contributed by atoms with Crippen LogP contribution >= 0.6 is 0 Å². The van der Waals surface area contributed by atoms with Gasteiger partial charge in [0.05, 0.1) is 22.8 Å². The molecule has 38 heavy (non-hydrogen) atoms. The molecule has 1 aromatic heterocycles. The summed E-state index contributed by atoms with van der Waals surface area (Å²) in [6.45, 7) is 6.36. The van der Waals surface area contributed by atoms with Gasteiger partial charge in [-0.1, -0.05) is 35.9 Å². The molecule has 0 aliphatic heterocycles. The number of amides is 1. The minimum Gasteiger partial charge on any atom is -0.380 e. The van der Waals surface area contributed by atoms with Crippen LogP contribution in [-0.2, 0) is 14.8 Å². The summed E-state index contributed by atoms with van der Waals surface area (Å²) in [7, 11) is -3.81. The van der Waals surface area contributed by atoms with E-state index in [9.17, 15) is 17.6 Å². The lowest BCUT2D eigenvalue weighted by molar-refractivity contribution is 0.102. The van der Waals surface area contributed by atoms with Crippen molar-refractivity contribution in [2.75, 3.05) is 25.1 Å². The molecule has 4 rings (SSSR count). The average Bonchev–Trinajstić information content (AvgIpc) is 3.34. The summed E-state index contributed by atoms with van der Waals surface area (Å²) in [5.41, 5.74) is 3.93. The van der Waals surface area contributed by atoms with Gasteiger partial charge >= 0.3 is 0 Å². The van der Waals surface area contributed by atoms with Crippen molar-refractivity contribution >= 4 is 21.6 Å². The summed E-state index contributed by atoms with van der Waals surface area (Å²) in [6.07, 6.45) is 1.57.